The lowest BCUT2D eigenvalue weighted by Crippen LogP contribution is -2.48. The maximum Gasteiger partial charge on any atom is 0.254 e. The summed E-state index contributed by atoms with van der Waals surface area (Å²) in [6, 6.07) is 10.5. The van der Waals surface area contributed by atoms with Gasteiger partial charge in [-0.3, -0.25) is 9.59 Å². The third kappa shape index (κ3) is 4.77. The van der Waals surface area contributed by atoms with Crippen molar-refractivity contribution in [3.63, 3.8) is 0 Å². The van der Waals surface area contributed by atoms with Crippen LogP contribution in [0.3, 0.4) is 0 Å². The molecule has 7 heteroatoms. The van der Waals surface area contributed by atoms with E-state index in [9.17, 15) is 9.59 Å². The summed E-state index contributed by atoms with van der Waals surface area (Å²) in [5.41, 5.74) is 2.06. The molecule has 0 aromatic heterocycles. The number of fused-ring (bicyclic) bond motifs is 1. The average Bonchev–Trinajstić information content (AvgIpc) is 2.83. The van der Waals surface area contributed by atoms with Crippen molar-refractivity contribution in [2.24, 2.45) is 5.92 Å². The predicted molar refractivity (Wildman–Crippen MR) is 127 cm³/mol. The molecule has 0 bridgehead atoms. The molecule has 2 amide bonds. The van der Waals surface area contributed by atoms with E-state index >= 15 is 0 Å². The highest BCUT2D eigenvalue weighted by molar-refractivity contribution is 6.01. The Hall–Kier alpha value is -3.22. The quantitative estimate of drug-likeness (QED) is 0.615. The number of carbonyl (C=O) groups excluding carboxylic acids is 2. The predicted octanol–water partition coefficient (Wildman–Crippen LogP) is 4.18. The first-order valence-electron chi connectivity index (χ1n) is 11.3. The number of nitrogens with one attached hydrogen (secondary N) is 1. The molecule has 7 nitrogen and oxygen atoms in total. The number of hydrogen-bond donors (Lipinski definition) is 1. The van der Waals surface area contributed by atoms with E-state index in [4.69, 9.17) is 14.2 Å². The zero-order chi connectivity index (χ0) is 24.1. The summed E-state index contributed by atoms with van der Waals surface area (Å²) in [6.07, 6.45) is 0.759. The summed E-state index contributed by atoms with van der Waals surface area (Å²) in [7, 11) is 4.66. The second-order valence-corrected chi connectivity index (χ2v) is 8.61. The molecular weight excluding hydrogens is 420 g/mol. The van der Waals surface area contributed by atoms with E-state index in [-0.39, 0.29) is 11.8 Å². The monoisotopic (exact) mass is 454 g/mol. The SMILES string of the molecule is CCCN1C(=O)c2ccccc2[C@H](C(=O)NCC(C)C)[C@@H]1c1cc(OC)c(OC)c(OC)c1. The number of rotatable bonds is 9. The normalized spacial score (nSPS) is 17.5. The van der Waals surface area contributed by atoms with Crippen LogP contribution >= 0.6 is 0 Å². The molecule has 1 aliphatic heterocycles. The fourth-order valence-electron chi connectivity index (χ4n) is 4.42. The Kier molecular flexibility index (Phi) is 7.84. The largest absolute Gasteiger partial charge is 0.493 e. The standard InChI is InChI=1S/C26H34N2O5/c1-7-12-28-23(17-13-20(31-4)24(33-6)21(14-17)32-5)22(25(29)27-15-16(2)3)18-10-8-9-11-19(18)26(28)30/h8-11,13-14,16,22-23H,7,12,15H2,1-6H3,(H,27,29)/t22-,23-/m0/s1. The molecule has 0 saturated carbocycles. The number of methoxy groups -OCH3 is 3. The van der Waals surface area contributed by atoms with E-state index < -0.39 is 12.0 Å². The third-order valence-electron chi connectivity index (χ3n) is 5.90. The smallest absolute Gasteiger partial charge is 0.254 e. The van der Waals surface area contributed by atoms with Crippen molar-refractivity contribution in [2.75, 3.05) is 34.4 Å². The molecule has 2 atom stereocenters. The Balaban J connectivity index is 2.24. The van der Waals surface area contributed by atoms with Crippen molar-refractivity contribution in [3.8, 4) is 17.2 Å². The number of nitrogens with zero attached hydrogens (tertiary/aromatic N) is 1. The number of amides is 2. The van der Waals surface area contributed by atoms with Gasteiger partial charge in [-0.1, -0.05) is 39.0 Å². The van der Waals surface area contributed by atoms with Gasteiger partial charge in [0, 0.05) is 18.7 Å². The van der Waals surface area contributed by atoms with Crippen LogP contribution in [0.15, 0.2) is 36.4 Å². The van der Waals surface area contributed by atoms with Gasteiger partial charge in [0.2, 0.25) is 11.7 Å². The molecule has 1 aliphatic rings. The Labute approximate surface area is 196 Å². The lowest BCUT2D eigenvalue weighted by Gasteiger charge is -2.42. The van der Waals surface area contributed by atoms with Gasteiger partial charge in [-0.25, -0.2) is 0 Å². The van der Waals surface area contributed by atoms with Gasteiger partial charge in [0.05, 0.1) is 33.3 Å². The highest BCUT2D eigenvalue weighted by atomic mass is 16.5. The minimum absolute atomic E-state index is 0.0842. The van der Waals surface area contributed by atoms with Crippen molar-refractivity contribution < 1.29 is 23.8 Å². The van der Waals surface area contributed by atoms with Crippen LogP contribution in [0.2, 0.25) is 0 Å². The van der Waals surface area contributed by atoms with Gasteiger partial charge < -0.3 is 24.4 Å². The van der Waals surface area contributed by atoms with Crippen LogP contribution in [0.25, 0.3) is 0 Å². The molecule has 2 aromatic rings. The summed E-state index contributed by atoms with van der Waals surface area (Å²) >= 11 is 0. The summed E-state index contributed by atoms with van der Waals surface area (Å²) in [6.45, 7) is 7.20. The van der Waals surface area contributed by atoms with Crippen molar-refractivity contribution in [1.29, 1.82) is 0 Å². The van der Waals surface area contributed by atoms with Gasteiger partial charge >= 0.3 is 0 Å². The van der Waals surface area contributed by atoms with Crippen molar-refractivity contribution in [1.82, 2.24) is 10.2 Å². The Bertz CT molecular complexity index is 979. The van der Waals surface area contributed by atoms with Gasteiger partial charge in [-0.2, -0.15) is 0 Å². The number of hydrogen-bond acceptors (Lipinski definition) is 5. The van der Waals surface area contributed by atoms with E-state index in [0.29, 0.717) is 41.8 Å². The second-order valence-electron chi connectivity index (χ2n) is 8.61. The first kappa shape index (κ1) is 24.4. The van der Waals surface area contributed by atoms with Gasteiger partial charge in [0.15, 0.2) is 11.5 Å². The van der Waals surface area contributed by atoms with Crippen LogP contribution in [-0.2, 0) is 4.79 Å². The van der Waals surface area contributed by atoms with Gasteiger partial charge in [-0.15, -0.1) is 0 Å². The molecular formula is C26H34N2O5. The van der Waals surface area contributed by atoms with Crippen molar-refractivity contribution >= 4 is 11.8 Å². The molecule has 178 valence electrons. The number of benzene rings is 2. The van der Waals surface area contributed by atoms with Crippen molar-refractivity contribution in [2.45, 2.75) is 39.2 Å². The molecule has 1 N–H and O–H groups in total. The van der Waals surface area contributed by atoms with Crippen LogP contribution in [0.1, 0.15) is 60.6 Å². The van der Waals surface area contributed by atoms with Gasteiger partial charge in [0.1, 0.15) is 0 Å². The van der Waals surface area contributed by atoms with Crippen LogP contribution in [0.4, 0.5) is 0 Å². The highest BCUT2D eigenvalue weighted by Crippen LogP contribution is 2.47. The molecule has 1 heterocycles. The first-order valence-corrected chi connectivity index (χ1v) is 11.3. The maximum absolute atomic E-state index is 13.6. The molecule has 0 fully saturated rings. The van der Waals surface area contributed by atoms with E-state index in [0.717, 1.165) is 17.5 Å². The maximum atomic E-state index is 13.6. The fraction of sp³-hybridized carbons (Fsp3) is 0.462. The molecule has 0 unspecified atom stereocenters. The third-order valence-corrected chi connectivity index (χ3v) is 5.90. The highest BCUT2D eigenvalue weighted by Gasteiger charge is 2.44. The minimum atomic E-state index is -0.577. The van der Waals surface area contributed by atoms with E-state index in [1.54, 1.807) is 32.3 Å². The van der Waals surface area contributed by atoms with Crippen LogP contribution < -0.4 is 19.5 Å². The molecule has 0 aliphatic carbocycles. The molecule has 2 aromatic carbocycles. The Morgan fingerprint density at radius 1 is 1.06 bits per heavy atom. The van der Waals surface area contributed by atoms with E-state index in [1.165, 1.54) is 0 Å². The topological polar surface area (TPSA) is 77.1 Å². The van der Waals surface area contributed by atoms with Crippen LogP contribution in [-0.4, -0.2) is 51.1 Å². The number of carbonyl (C=O) groups is 2. The minimum Gasteiger partial charge on any atom is -0.493 e. The zero-order valence-corrected chi connectivity index (χ0v) is 20.3. The second kappa shape index (κ2) is 10.6. The van der Waals surface area contributed by atoms with E-state index in [2.05, 4.69) is 19.2 Å². The summed E-state index contributed by atoms with van der Waals surface area (Å²) in [4.78, 5) is 29.0. The Morgan fingerprint density at radius 3 is 2.24 bits per heavy atom. The van der Waals surface area contributed by atoms with Crippen LogP contribution in [0.5, 0.6) is 17.2 Å². The molecule has 3 rings (SSSR count). The fourth-order valence-corrected chi connectivity index (χ4v) is 4.42. The summed E-state index contributed by atoms with van der Waals surface area (Å²) in [5.74, 6) is 0.969. The first-order chi connectivity index (χ1) is 15.9. The Morgan fingerprint density at radius 2 is 1.70 bits per heavy atom. The van der Waals surface area contributed by atoms with E-state index in [1.807, 2.05) is 37.3 Å². The van der Waals surface area contributed by atoms with Crippen LogP contribution in [0, 0.1) is 5.92 Å². The average molecular weight is 455 g/mol. The number of ether oxygens (including phenoxy) is 3. The van der Waals surface area contributed by atoms with Gasteiger partial charge in [-0.05, 0) is 41.7 Å². The lowest BCUT2D eigenvalue weighted by atomic mass is 9.78. The molecule has 33 heavy (non-hydrogen) atoms. The van der Waals surface area contributed by atoms with Crippen molar-refractivity contribution in [3.05, 3.63) is 53.1 Å². The molecule has 0 radical (unpaired) electrons. The summed E-state index contributed by atoms with van der Waals surface area (Å²) < 4.78 is 16.6. The van der Waals surface area contributed by atoms with Gasteiger partial charge in [0.25, 0.3) is 5.91 Å². The lowest BCUT2D eigenvalue weighted by molar-refractivity contribution is -0.124. The summed E-state index contributed by atoms with van der Waals surface area (Å²) in [5, 5.41) is 3.09. The zero-order valence-electron chi connectivity index (χ0n) is 20.3. The molecule has 0 saturated heterocycles. The molecule has 0 spiro atoms.